The molecule has 1 aromatic rings. The van der Waals surface area contributed by atoms with Gasteiger partial charge in [0.2, 0.25) is 0 Å². The third kappa shape index (κ3) is 3.79. The van der Waals surface area contributed by atoms with Crippen LogP contribution in [0.3, 0.4) is 0 Å². The summed E-state index contributed by atoms with van der Waals surface area (Å²) in [5, 5.41) is 11.5. The second-order valence-corrected chi connectivity index (χ2v) is 7.62. The molecular weight excluding hydrogens is 431 g/mol. The number of aromatic nitrogens is 3. The Balaban J connectivity index is 0.00000225. The van der Waals surface area contributed by atoms with Crippen LogP contribution >= 0.6 is 24.0 Å². The number of aliphatic imine (C=N–C) groups is 1. The van der Waals surface area contributed by atoms with E-state index in [4.69, 9.17) is 4.74 Å². The predicted molar refractivity (Wildman–Crippen MR) is 109 cm³/mol. The second-order valence-electron chi connectivity index (χ2n) is 7.62. The van der Waals surface area contributed by atoms with Gasteiger partial charge in [-0.1, -0.05) is 13.8 Å². The molecule has 0 radical (unpaired) electrons. The standard InChI is InChI=1S/C17H30N6O.HI/c1-6-18-15(22-13-9-17(4,24-5)16(13,2)3)21-12-7-8-14-19-11-20-23(14)10-12;/h11-13H,6-10H2,1-5H3,(H2,18,21,22);1H. The lowest BCUT2D eigenvalue weighted by molar-refractivity contribution is -0.176. The lowest BCUT2D eigenvalue weighted by atomic mass is 9.56. The van der Waals surface area contributed by atoms with E-state index in [1.807, 2.05) is 4.68 Å². The monoisotopic (exact) mass is 462 g/mol. The van der Waals surface area contributed by atoms with Gasteiger partial charge in [-0.25, -0.2) is 9.67 Å². The maximum atomic E-state index is 5.72. The SMILES string of the molecule is CCN=C(NC1CCc2ncnn2C1)NC1CC(C)(OC)C1(C)C.I. The van der Waals surface area contributed by atoms with Gasteiger partial charge in [0.1, 0.15) is 12.2 Å². The van der Waals surface area contributed by atoms with Crippen molar-refractivity contribution in [1.29, 1.82) is 0 Å². The van der Waals surface area contributed by atoms with E-state index < -0.39 is 0 Å². The van der Waals surface area contributed by atoms with Crippen LogP contribution in [0.2, 0.25) is 0 Å². The van der Waals surface area contributed by atoms with E-state index in [1.165, 1.54) is 0 Å². The first kappa shape index (κ1) is 20.4. The molecule has 7 nitrogen and oxygen atoms in total. The molecule has 0 bridgehead atoms. The molecule has 3 atom stereocenters. The summed E-state index contributed by atoms with van der Waals surface area (Å²) in [4.78, 5) is 8.92. The molecule has 1 aliphatic carbocycles. The van der Waals surface area contributed by atoms with Crippen LogP contribution in [0.25, 0.3) is 0 Å². The topological polar surface area (TPSA) is 76.4 Å². The van der Waals surface area contributed by atoms with Crippen LogP contribution in [0.5, 0.6) is 0 Å². The van der Waals surface area contributed by atoms with Crippen molar-refractivity contribution >= 4 is 29.9 Å². The van der Waals surface area contributed by atoms with Crippen molar-refractivity contribution in [3.05, 3.63) is 12.2 Å². The minimum Gasteiger partial charge on any atom is -0.378 e. The maximum absolute atomic E-state index is 5.72. The number of hydrogen-bond acceptors (Lipinski definition) is 4. The molecule has 2 heterocycles. The highest BCUT2D eigenvalue weighted by atomic mass is 127. The Kier molecular flexibility index (Phi) is 6.35. The van der Waals surface area contributed by atoms with Crippen molar-refractivity contribution in [2.45, 2.75) is 71.2 Å². The Labute approximate surface area is 167 Å². The van der Waals surface area contributed by atoms with E-state index >= 15 is 0 Å². The molecule has 1 fully saturated rings. The molecule has 1 saturated carbocycles. The van der Waals surface area contributed by atoms with Gasteiger partial charge in [-0.2, -0.15) is 5.10 Å². The summed E-state index contributed by atoms with van der Waals surface area (Å²) < 4.78 is 7.71. The molecule has 3 rings (SSSR count). The van der Waals surface area contributed by atoms with Crippen molar-refractivity contribution in [2.24, 2.45) is 10.4 Å². The summed E-state index contributed by atoms with van der Waals surface area (Å²) in [6.45, 7) is 10.3. The number of aryl methyl sites for hydroxylation is 1. The molecule has 142 valence electrons. The summed E-state index contributed by atoms with van der Waals surface area (Å²) >= 11 is 0. The third-order valence-electron chi connectivity index (χ3n) is 6.05. The fraction of sp³-hybridized carbons (Fsp3) is 0.824. The summed E-state index contributed by atoms with van der Waals surface area (Å²) in [7, 11) is 1.80. The normalized spacial score (nSPS) is 30.7. The van der Waals surface area contributed by atoms with Gasteiger partial charge in [0.15, 0.2) is 5.96 Å². The number of fused-ring (bicyclic) bond motifs is 1. The first-order valence-electron chi connectivity index (χ1n) is 8.89. The number of nitrogens with zero attached hydrogens (tertiary/aromatic N) is 4. The van der Waals surface area contributed by atoms with Gasteiger partial charge >= 0.3 is 0 Å². The number of guanidine groups is 1. The fourth-order valence-corrected chi connectivity index (χ4v) is 3.73. The highest BCUT2D eigenvalue weighted by molar-refractivity contribution is 14.0. The number of halogens is 1. The third-order valence-corrected chi connectivity index (χ3v) is 6.05. The summed E-state index contributed by atoms with van der Waals surface area (Å²) in [5.74, 6) is 1.97. The van der Waals surface area contributed by atoms with E-state index in [0.29, 0.717) is 12.1 Å². The Morgan fingerprint density at radius 2 is 2.16 bits per heavy atom. The molecule has 0 saturated heterocycles. The van der Waals surface area contributed by atoms with Gasteiger partial charge in [0.25, 0.3) is 0 Å². The average molecular weight is 462 g/mol. The largest absolute Gasteiger partial charge is 0.378 e. The number of rotatable bonds is 4. The van der Waals surface area contributed by atoms with E-state index in [-0.39, 0.29) is 35.0 Å². The number of methoxy groups -OCH3 is 1. The van der Waals surface area contributed by atoms with Gasteiger partial charge in [-0.3, -0.25) is 4.99 Å². The zero-order valence-electron chi connectivity index (χ0n) is 15.9. The molecule has 1 aliphatic heterocycles. The number of nitrogens with one attached hydrogen (secondary N) is 2. The molecule has 1 aromatic heterocycles. The van der Waals surface area contributed by atoms with Crippen molar-refractivity contribution in [2.75, 3.05) is 13.7 Å². The summed E-state index contributed by atoms with van der Waals surface area (Å²) in [6.07, 6.45) is 4.62. The smallest absolute Gasteiger partial charge is 0.191 e. The Morgan fingerprint density at radius 3 is 2.80 bits per heavy atom. The van der Waals surface area contributed by atoms with Crippen LogP contribution < -0.4 is 10.6 Å². The summed E-state index contributed by atoms with van der Waals surface area (Å²) in [6, 6.07) is 0.680. The molecule has 25 heavy (non-hydrogen) atoms. The molecule has 0 aromatic carbocycles. The lowest BCUT2D eigenvalue weighted by Crippen LogP contribution is -2.70. The van der Waals surface area contributed by atoms with Crippen LogP contribution in [0.4, 0.5) is 0 Å². The molecular formula is C17H31IN6O. The van der Waals surface area contributed by atoms with E-state index in [1.54, 1.807) is 13.4 Å². The van der Waals surface area contributed by atoms with E-state index in [9.17, 15) is 0 Å². The van der Waals surface area contributed by atoms with Crippen LogP contribution in [0.15, 0.2) is 11.3 Å². The van der Waals surface area contributed by atoms with Crippen molar-refractivity contribution in [3.63, 3.8) is 0 Å². The zero-order chi connectivity index (χ0) is 17.4. The lowest BCUT2D eigenvalue weighted by Gasteiger charge is -2.59. The van der Waals surface area contributed by atoms with Gasteiger partial charge in [-0.05, 0) is 26.7 Å². The molecule has 0 amide bonds. The molecule has 2 N–H and O–H groups in total. The van der Waals surface area contributed by atoms with Gasteiger partial charge in [0.05, 0.1) is 12.1 Å². The van der Waals surface area contributed by atoms with Crippen molar-refractivity contribution < 1.29 is 4.74 Å². The Morgan fingerprint density at radius 1 is 1.40 bits per heavy atom. The van der Waals surface area contributed by atoms with Crippen molar-refractivity contribution in [1.82, 2.24) is 25.4 Å². The van der Waals surface area contributed by atoms with Gasteiger partial charge in [0, 0.05) is 37.6 Å². The fourth-order valence-electron chi connectivity index (χ4n) is 3.73. The second kappa shape index (κ2) is 7.77. The highest BCUT2D eigenvalue weighted by Gasteiger charge is 2.58. The molecule has 8 heteroatoms. The molecule has 0 spiro atoms. The maximum Gasteiger partial charge on any atom is 0.191 e. The summed E-state index contributed by atoms with van der Waals surface area (Å²) in [5.41, 5.74) is -0.0218. The molecule has 3 unspecified atom stereocenters. The van der Waals surface area contributed by atoms with Gasteiger partial charge < -0.3 is 15.4 Å². The van der Waals surface area contributed by atoms with Crippen LogP contribution in [-0.4, -0.2) is 52.1 Å². The number of ether oxygens (including phenoxy) is 1. The van der Waals surface area contributed by atoms with E-state index in [0.717, 1.165) is 44.1 Å². The predicted octanol–water partition coefficient (Wildman–Crippen LogP) is 1.97. The first-order chi connectivity index (χ1) is 11.4. The highest BCUT2D eigenvalue weighted by Crippen LogP contribution is 2.51. The van der Waals surface area contributed by atoms with Gasteiger partial charge in [-0.15, -0.1) is 24.0 Å². The van der Waals surface area contributed by atoms with Crippen molar-refractivity contribution in [3.8, 4) is 0 Å². The minimum atomic E-state index is -0.0809. The average Bonchev–Trinajstić information content (AvgIpc) is 3.02. The molecule has 2 aliphatic rings. The first-order valence-corrected chi connectivity index (χ1v) is 8.89. The van der Waals surface area contributed by atoms with Crippen LogP contribution in [0.1, 0.15) is 46.4 Å². The quantitative estimate of drug-likeness (QED) is 0.407. The van der Waals surface area contributed by atoms with E-state index in [2.05, 4.69) is 53.4 Å². The van der Waals surface area contributed by atoms with Crippen LogP contribution in [-0.2, 0) is 17.7 Å². The minimum absolute atomic E-state index is 0. The Hall–Kier alpha value is -0.900. The van der Waals surface area contributed by atoms with Crippen LogP contribution in [0, 0.1) is 5.41 Å². The zero-order valence-corrected chi connectivity index (χ0v) is 18.2. The number of hydrogen-bond donors (Lipinski definition) is 2. The Bertz CT molecular complexity index is 616.